The van der Waals surface area contributed by atoms with E-state index in [1.165, 1.54) is 18.5 Å². The highest BCUT2D eigenvalue weighted by Gasteiger charge is 2.12. The molecule has 26 heavy (non-hydrogen) atoms. The van der Waals surface area contributed by atoms with Crippen molar-refractivity contribution >= 4 is 23.4 Å². The molecule has 0 aliphatic carbocycles. The Kier molecular flexibility index (Phi) is 5.66. The summed E-state index contributed by atoms with van der Waals surface area (Å²) < 4.78 is 5.16. The van der Waals surface area contributed by atoms with E-state index in [-0.39, 0.29) is 30.6 Å². The Labute approximate surface area is 155 Å². The summed E-state index contributed by atoms with van der Waals surface area (Å²) in [5.41, 5.74) is 1.30. The molecule has 2 amide bonds. The maximum absolute atomic E-state index is 12.3. The first-order valence-electron chi connectivity index (χ1n) is 7.92. The number of amides is 2. The molecule has 0 saturated heterocycles. The van der Waals surface area contributed by atoms with Crippen LogP contribution >= 0.6 is 11.6 Å². The summed E-state index contributed by atoms with van der Waals surface area (Å²) in [6.07, 6.45) is 2.96. The second-order valence-electron chi connectivity index (χ2n) is 5.47. The molecule has 2 N–H and O–H groups in total. The lowest BCUT2D eigenvalue weighted by Crippen LogP contribution is -2.26. The van der Waals surface area contributed by atoms with Gasteiger partial charge in [-0.05, 0) is 35.9 Å². The van der Waals surface area contributed by atoms with Crippen LogP contribution in [0.15, 0.2) is 65.4 Å². The van der Waals surface area contributed by atoms with Gasteiger partial charge >= 0.3 is 0 Å². The fourth-order valence-electron chi connectivity index (χ4n) is 2.29. The number of halogens is 1. The number of aromatic nitrogens is 1. The molecule has 1 aromatic carbocycles. The zero-order chi connectivity index (χ0) is 18.4. The molecule has 0 fully saturated rings. The average molecular weight is 370 g/mol. The van der Waals surface area contributed by atoms with Gasteiger partial charge in [0.2, 0.25) is 0 Å². The smallest absolute Gasteiger partial charge is 0.270 e. The van der Waals surface area contributed by atoms with Crippen molar-refractivity contribution in [3.05, 3.63) is 88.6 Å². The number of furan rings is 1. The molecule has 2 aromatic heterocycles. The monoisotopic (exact) mass is 369 g/mol. The molecule has 0 bridgehead atoms. The number of pyridine rings is 1. The Morgan fingerprint density at radius 3 is 2.58 bits per heavy atom. The number of nitrogens with zero attached hydrogens (tertiary/aromatic N) is 1. The summed E-state index contributed by atoms with van der Waals surface area (Å²) in [4.78, 5) is 28.5. The van der Waals surface area contributed by atoms with Crippen LogP contribution in [-0.2, 0) is 13.1 Å². The molecule has 0 aliphatic rings. The second-order valence-corrected chi connectivity index (χ2v) is 5.87. The fraction of sp³-hybridized carbons (Fsp3) is 0.105. The molecule has 0 radical (unpaired) electrons. The lowest BCUT2D eigenvalue weighted by Gasteiger charge is -2.08. The molecule has 6 nitrogen and oxygen atoms in total. The molecule has 2 heterocycles. The van der Waals surface area contributed by atoms with Crippen molar-refractivity contribution in [1.82, 2.24) is 15.6 Å². The van der Waals surface area contributed by atoms with E-state index in [0.717, 1.165) is 5.56 Å². The molecular weight excluding hydrogens is 354 g/mol. The minimum atomic E-state index is -0.384. The number of rotatable bonds is 6. The number of hydrogen-bond acceptors (Lipinski definition) is 4. The van der Waals surface area contributed by atoms with Crippen LogP contribution in [0.3, 0.4) is 0 Å². The number of benzene rings is 1. The number of carbonyl (C=O) groups is 2. The number of nitrogens with one attached hydrogen (secondary N) is 2. The number of hydrogen-bond donors (Lipinski definition) is 2. The van der Waals surface area contributed by atoms with Gasteiger partial charge < -0.3 is 15.1 Å². The Morgan fingerprint density at radius 2 is 1.81 bits per heavy atom. The maximum Gasteiger partial charge on any atom is 0.270 e. The van der Waals surface area contributed by atoms with E-state index in [0.29, 0.717) is 16.3 Å². The van der Waals surface area contributed by atoms with Crippen LogP contribution in [0, 0.1) is 0 Å². The van der Waals surface area contributed by atoms with Crippen LogP contribution in [-0.4, -0.2) is 16.8 Å². The minimum absolute atomic E-state index is 0.155. The van der Waals surface area contributed by atoms with Crippen LogP contribution in [0.5, 0.6) is 0 Å². The topological polar surface area (TPSA) is 84.2 Å². The van der Waals surface area contributed by atoms with Crippen molar-refractivity contribution in [3.8, 4) is 0 Å². The number of carbonyl (C=O) groups excluding carboxylic acids is 2. The second kappa shape index (κ2) is 8.31. The minimum Gasteiger partial charge on any atom is -0.467 e. The van der Waals surface area contributed by atoms with E-state index in [4.69, 9.17) is 16.0 Å². The molecule has 3 aromatic rings. The van der Waals surface area contributed by atoms with E-state index in [1.54, 1.807) is 24.3 Å². The predicted octanol–water partition coefficient (Wildman–Crippen LogP) is 3.19. The van der Waals surface area contributed by atoms with Gasteiger partial charge in [-0.25, -0.2) is 0 Å². The molecule has 0 spiro atoms. The molecule has 7 heteroatoms. The van der Waals surface area contributed by atoms with Gasteiger partial charge in [-0.3, -0.25) is 14.6 Å². The first-order valence-corrected chi connectivity index (χ1v) is 8.29. The zero-order valence-corrected chi connectivity index (χ0v) is 14.5. The van der Waals surface area contributed by atoms with Gasteiger partial charge in [0.25, 0.3) is 11.8 Å². The summed E-state index contributed by atoms with van der Waals surface area (Å²) in [5.74, 6) is -0.0559. The Bertz CT molecular complexity index is 910. The van der Waals surface area contributed by atoms with Crippen LogP contribution in [0.2, 0.25) is 5.02 Å². The lowest BCUT2D eigenvalue weighted by atomic mass is 10.2. The summed E-state index contributed by atoms with van der Waals surface area (Å²) in [5, 5.41) is 6.04. The van der Waals surface area contributed by atoms with Crippen LogP contribution < -0.4 is 10.6 Å². The molecule has 0 aliphatic heterocycles. The van der Waals surface area contributed by atoms with Crippen LogP contribution in [0.25, 0.3) is 0 Å². The SMILES string of the molecule is O=C(NCc1ccco1)c1ccnc(C(=O)NCc2ccccc2Cl)c1. The fourth-order valence-corrected chi connectivity index (χ4v) is 2.49. The van der Waals surface area contributed by atoms with E-state index in [2.05, 4.69) is 15.6 Å². The quantitative estimate of drug-likeness (QED) is 0.698. The standard InChI is InChI=1S/C19H16ClN3O3/c20-16-6-2-1-4-14(16)11-22-19(25)17-10-13(7-8-21-17)18(24)23-12-15-5-3-9-26-15/h1-10H,11-12H2,(H,22,25)(H,23,24). The van der Waals surface area contributed by atoms with Gasteiger partial charge in [-0.15, -0.1) is 0 Å². The van der Waals surface area contributed by atoms with Gasteiger partial charge in [-0.2, -0.15) is 0 Å². The average Bonchev–Trinajstić information content (AvgIpc) is 3.19. The molecule has 0 saturated carbocycles. The summed E-state index contributed by atoms with van der Waals surface area (Å²) >= 11 is 6.07. The first-order chi connectivity index (χ1) is 12.6. The third kappa shape index (κ3) is 4.49. The normalized spacial score (nSPS) is 10.3. The van der Waals surface area contributed by atoms with E-state index in [1.807, 2.05) is 18.2 Å². The summed E-state index contributed by atoms with van der Waals surface area (Å²) in [6.45, 7) is 0.539. The summed E-state index contributed by atoms with van der Waals surface area (Å²) in [6, 6.07) is 13.7. The lowest BCUT2D eigenvalue weighted by molar-refractivity contribution is 0.0946. The molecule has 132 valence electrons. The van der Waals surface area contributed by atoms with Gasteiger partial charge in [0.05, 0.1) is 12.8 Å². The zero-order valence-electron chi connectivity index (χ0n) is 13.7. The Morgan fingerprint density at radius 1 is 1.00 bits per heavy atom. The molecule has 0 unspecified atom stereocenters. The van der Waals surface area contributed by atoms with Crippen molar-refractivity contribution < 1.29 is 14.0 Å². The third-order valence-electron chi connectivity index (χ3n) is 3.66. The molecule has 3 rings (SSSR count). The van der Waals surface area contributed by atoms with Gasteiger partial charge in [0.1, 0.15) is 11.5 Å². The van der Waals surface area contributed by atoms with E-state index < -0.39 is 0 Å². The Balaban J connectivity index is 1.61. The Hall–Kier alpha value is -3.12. The molecular formula is C19H16ClN3O3. The largest absolute Gasteiger partial charge is 0.467 e. The van der Waals surface area contributed by atoms with Crippen LogP contribution in [0.1, 0.15) is 32.2 Å². The van der Waals surface area contributed by atoms with E-state index >= 15 is 0 Å². The summed E-state index contributed by atoms with van der Waals surface area (Å²) in [7, 11) is 0. The first kappa shape index (κ1) is 17.7. The van der Waals surface area contributed by atoms with Crippen molar-refractivity contribution in [2.75, 3.05) is 0 Å². The molecule has 0 atom stereocenters. The predicted molar refractivity (Wildman–Crippen MR) is 96.7 cm³/mol. The van der Waals surface area contributed by atoms with Crippen molar-refractivity contribution in [1.29, 1.82) is 0 Å². The van der Waals surface area contributed by atoms with Crippen LogP contribution in [0.4, 0.5) is 0 Å². The highest BCUT2D eigenvalue weighted by molar-refractivity contribution is 6.31. The highest BCUT2D eigenvalue weighted by atomic mass is 35.5. The van der Waals surface area contributed by atoms with Crippen molar-refractivity contribution in [2.24, 2.45) is 0 Å². The third-order valence-corrected chi connectivity index (χ3v) is 4.02. The van der Waals surface area contributed by atoms with Gasteiger partial charge in [0.15, 0.2) is 0 Å². The maximum atomic E-state index is 12.3. The van der Waals surface area contributed by atoms with Crippen molar-refractivity contribution in [2.45, 2.75) is 13.1 Å². The highest BCUT2D eigenvalue weighted by Crippen LogP contribution is 2.14. The van der Waals surface area contributed by atoms with Gasteiger partial charge in [-0.1, -0.05) is 29.8 Å². The van der Waals surface area contributed by atoms with E-state index in [9.17, 15) is 9.59 Å². The van der Waals surface area contributed by atoms with Crippen molar-refractivity contribution in [3.63, 3.8) is 0 Å². The van der Waals surface area contributed by atoms with Gasteiger partial charge in [0, 0.05) is 23.3 Å².